The molecular weight excluding hydrogens is 251 g/mol. The highest BCUT2D eigenvalue weighted by molar-refractivity contribution is 6.34. The van der Waals surface area contributed by atoms with Crippen LogP contribution in [0.3, 0.4) is 0 Å². The summed E-state index contributed by atoms with van der Waals surface area (Å²) < 4.78 is 1.54. The molecule has 0 saturated carbocycles. The van der Waals surface area contributed by atoms with Gasteiger partial charge in [-0.05, 0) is 18.2 Å². The second-order valence-corrected chi connectivity index (χ2v) is 3.97. The highest BCUT2D eigenvalue weighted by Gasteiger charge is 2.08. The third kappa shape index (κ3) is 2.18. The van der Waals surface area contributed by atoms with Gasteiger partial charge in [-0.2, -0.15) is 0 Å². The van der Waals surface area contributed by atoms with Gasteiger partial charge in [-0.25, -0.2) is 9.78 Å². The number of aromatic nitrogens is 2. The molecule has 0 amide bonds. The van der Waals surface area contributed by atoms with E-state index in [1.165, 1.54) is 12.5 Å². The maximum atomic E-state index is 10.7. The van der Waals surface area contributed by atoms with Gasteiger partial charge in [0.1, 0.15) is 6.33 Å². The van der Waals surface area contributed by atoms with Crippen molar-refractivity contribution in [3.8, 4) is 5.69 Å². The van der Waals surface area contributed by atoms with Gasteiger partial charge in [0.25, 0.3) is 0 Å². The third-order valence-electron chi connectivity index (χ3n) is 1.95. The summed E-state index contributed by atoms with van der Waals surface area (Å²) in [5.41, 5.74) is 0.633. The molecule has 0 spiro atoms. The number of halogens is 2. The fraction of sp³-hybridized carbons (Fsp3) is 0. The minimum atomic E-state index is -1.08. The van der Waals surface area contributed by atoms with Crippen molar-refractivity contribution in [2.24, 2.45) is 0 Å². The van der Waals surface area contributed by atoms with Gasteiger partial charge in [0.15, 0.2) is 5.69 Å². The molecule has 4 nitrogen and oxygen atoms in total. The first-order valence-corrected chi connectivity index (χ1v) is 5.05. The highest BCUT2D eigenvalue weighted by Crippen LogP contribution is 2.21. The van der Waals surface area contributed by atoms with E-state index in [0.29, 0.717) is 15.7 Å². The molecule has 0 fully saturated rings. The van der Waals surface area contributed by atoms with E-state index in [1.54, 1.807) is 22.8 Å². The Balaban J connectivity index is 2.46. The molecule has 0 radical (unpaired) electrons. The lowest BCUT2D eigenvalue weighted by molar-refractivity contribution is 0.0691. The summed E-state index contributed by atoms with van der Waals surface area (Å²) in [6.45, 7) is 0. The largest absolute Gasteiger partial charge is 0.476 e. The van der Waals surface area contributed by atoms with E-state index in [2.05, 4.69) is 4.98 Å². The maximum absolute atomic E-state index is 10.7. The van der Waals surface area contributed by atoms with Gasteiger partial charge in [0.05, 0.1) is 0 Å². The summed E-state index contributed by atoms with van der Waals surface area (Å²) in [5, 5.41) is 9.69. The SMILES string of the molecule is O=C(O)c1cn(-c2cc(Cl)cc(Cl)c2)cn1. The predicted octanol–water partition coefficient (Wildman–Crippen LogP) is 2.88. The molecule has 82 valence electrons. The van der Waals surface area contributed by atoms with Crippen molar-refractivity contribution in [1.29, 1.82) is 0 Å². The Labute approximate surface area is 101 Å². The van der Waals surface area contributed by atoms with Crippen LogP contribution in [0.2, 0.25) is 10.0 Å². The molecule has 1 aromatic carbocycles. The van der Waals surface area contributed by atoms with Crippen LogP contribution >= 0.6 is 23.2 Å². The second-order valence-electron chi connectivity index (χ2n) is 3.10. The van der Waals surface area contributed by atoms with Crippen LogP contribution in [-0.2, 0) is 0 Å². The molecule has 0 aliphatic carbocycles. The molecule has 0 aliphatic heterocycles. The zero-order chi connectivity index (χ0) is 11.7. The number of hydrogen-bond acceptors (Lipinski definition) is 2. The summed E-state index contributed by atoms with van der Waals surface area (Å²) >= 11 is 11.7. The van der Waals surface area contributed by atoms with Crippen LogP contribution in [0.1, 0.15) is 10.5 Å². The summed E-state index contributed by atoms with van der Waals surface area (Å²) in [6.07, 6.45) is 2.79. The van der Waals surface area contributed by atoms with Crippen molar-refractivity contribution in [3.05, 3.63) is 46.5 Å². The number of nitrogens with zero attached hydrogens (tertiary/aromatic N) is 2. The van der Waals surface area contributed by atoms with E-state index in [1.807, 2.05) is 0 Å². The average molecular weight is 257 g/mol. The lowest BCUT2D eigenvalue weighted by Gasteiger charge is -2.02. The first kappa shape index (κ1) is 11.0. The van der Waals surface area contributed by atoms with Gasteiger partial charge >= 0.3 is 5.97 Å². The number of rotatable bonds is 2. The van der Waals surface area contributed by atoms with Crippen molar-refractivity contribution < 1.29 is 9.90 Å². The molecule has 0 saturated heterocycles. The van der Waals surface area contributed by atoms with Crippen molar-refractivity contribution in [2.45, 2.75) is 0 Å². The topological polar surface area (TPSA) is 55.1 Å². The van der Waals surface area contributed by atoms with Crippen LogP contribution in [-0.4, -0.2) is 20.6 Å². The fourth-order valence-electron chi connectivity index (χ4n) is 1.26. The normalized spacial score (nSPS) is 10.4. The van der Waals surface area contributed by atoms with E-state index in [-0.39, 0.29) is 5.69 Å². The molecule has 2 aromatic rings. The summed E-state index contributed by atoms with van der Waals surface area (Å²) in [7, 11) is 0. The second kappa shape index (κ2) is 4.15. The smallest absolute Gasteiger partial charge is 0.356 e. The zero-order valence-corrected chi connectivity index (χ0v) is 9.40. The number of carboxylic acid groups (broad SMARTS) is 1. The third-order valence-corrected chi connectivity index (χ3v) is 2.38. The Hall–Kier alpha value is -1.52. The molecular formula is C10H6Cl2N2O2. The number of carbonyl (C=O) groups is 1. The monoisotopic (exact) mass is 256 g/mol. The Morgan fingerprint density at radius 3 is 2.38 bits per heavy atom. The van der Waals surface area contributed by atoms with Crippen molar-refractivity contribution in [1.82, 2.24) is 9.55 Å². The molecule has 0 unspecified atom stereocenters. The van der Waals surface area contributed by atoms with Crippen LogP contribution in [0.4, 0.5) is 0 Å². The van der Waals surface area contributed by atoms with Crippen LogP contribution in [0.25, 0.3) is 5.69 Å². The van der Waals surface area contributed by atoms with Crippen molar-refractivity contribution >= 4 is 29.2 Å². The molecule has 1 heterocycles. The van der Waals surface area contributed by atoms with E-state index in [9.17, 15) is 4.79 Å². The summed E-state index contributed by atoms with van der Waals surface area (Å²) in [4.78, 5) is 14.4. The first-order chi connectivity index (χ1) is 7.56. The van der Waals surface area contributed by atoms with Crippen LogP contribution in [0.5, 0.6) is 0 Å². The lowest BCUT2D eigenvalue weighted by atomic mass is 10.3. The standard InChI is InChI=1S/C10H6Cl2N2O2/c11-6-1-7(12)3-8(2-6)14-4-9(10(15)16)13-5-14/h1-5H,(H,15,16). The lowest BCUT2D eigenvalue weighted by Crippen LogP contribution is -1.95. The van der Waals surface area contributed by atoms with Gasteiger partial charge in [0.2, 0.25) is 0 Å². The molecule has 0 aliphatic rings. The minimum absolute atomic E-state index is 0.0314. The quantitative estimate of drug-likeness (QED) is 0.899. The van der Waals surface area contributed by atoms with Gasteiger partial charge < -0.3 is 9.67 Å². The predicted molar refractivity (Wildman–Crippen MR) is 60.5 cm³/mol. The molecule has 0 atom stereocenters. The van der Waals surface area contributed by atoms with E-state index in [4.69, 9.17) is 28.3 Å². The Bertz CT molecular complexity index is 531. The van der Waals surface area contributed by atoms with E-state index < -0.39 is 5.97 Å². The van der Waals surface area contributed by atoms with Gasteiger partial charge in [-0.1, -0.05) is 23.2 Å². The number of imidazole rings is 1. The van der Waals surface area contributed by atoms with Crippen LogP contribution in [0.15, 0.2) is 30.7 Å². The maximum Gasteiger partial charge on any atom is 0.356 e. The van der Waals surface area contributed by atoms with Gasteiger partial charge in [-0.3, -0.25) is 0 Å². The number of hydrogen-bond donors (Lipinski definition) is 1. The molecule has 2 rings (SSSR count). The average Bonchev–Trinajstić information content (AvgIpc) is 2.64. The van der Waals surface area contributed by atoms with E-state index >= 15 is 0 Å². The highest BCUT2D eigenvalue weighted by atomic mass is 35.5. The Morgan fingerprint density at radius 2 is 1.88 bits per heavy atom. The molecule has 6 heteroatoms. The first-order valence-electron chi connectivity index (χ1n) is 4.30. The number of carboxylic acids is 1. The van der Waals surface area contributed by atoms with Gasteiger partial charge in [0, 0.05) is 21.9 Å². The van der Waals surface area contributed by atoms with Crippen LogP contribution < -0.4 is 0 Å². The minimum Gasteiger partial charge on any atom is -0.476 e. The molecule has 16 heavy (non-hydrogen) atoms. The molecule has 0 bridgehead atoms. The molecule has 1 aromatic heterocycles. The van der Waals surface area contributed by atoms with Gasteiger partial charge in [-0.15, -0.1) is 0 Å². The fourth-order valence-corrected chi connectivity index (χ4v) is 1.78. The van der Waals surface area contributed by atoms with Crippen LogP contribution in [0, 0.1) is 0 Å². The number of benzene rings is 1. The van der Waals surface area contributed by atoms with E-state index in [0.717, 1.165) is 0 Å². The number of aromatic carboxylic acids is 1. The Morgan fingerprint density at radius 1 is 1.25 bits per heavy atom. The summed E-state index contributed by atoms with van der Waals surface area (Å²) in [5.74, 6) is -1.08. The summed E-state index contributed by atoms with van der Waals surface area (Å²) in [6, 6.07) is 4.93. The van der Waals surface area contributed by atoms with Crippen molar-refractivity contribution in [2.75, 3.05) is 0 Å². The van der Waals surface area contributed by atoms with Crippen molar-refractivity contribution in [3.63, 3.8) is 0 Å². The Kier molecular flexibility index (Phi) is 2.85. The zero-order valence-electron chi connectivity index (χ0n) is 7.89. The molecule has 1 N–H and O–H groups in total.